The van der Waals surface area contributed by atoms with Crippen molar-refractivity contribution >= 4 is 0 Å². The van der Waals surface area contributed by atoms with Gasteiger partial charge in [-0.3, -0.25) is 4.90 Å². The molecule has 3 rings (SSSR count). The molecule has 1 heteroatoms. The first kappa shape index (κ1) is 17.4. The van der Waals surface area contributed by atoms with Crippen molar-refractivity contribution in [3.63, 3.8) is 0 Å². The van der Waals surface area contributed by atoms with Crippen LogP contribution < -0.4 is 0 Å². The van der Waals surface area contributed by atoms with Gasteiger partial charge in [0.05, 0.1) is 0 Å². The van der Waals surface area contributed by atoms with Gasteiger partial charge in [-0.15, -0.1) is 0 Å². The van der Waals surface area contributed by atoms with E-state index in [1.807, 2.05) is 0 Å². The van der Waals surface area contributed by atoms with Crippen molar-refractivity contribution in [2.24, 2.45) is 0 Å². The fourth-order valence-corrected chi connectivity index (χ4v) is 3.28. The van der Waals surface area contributed by atoms with Crippen LogP contribution in [0.25, 0.3) is 0 Å². The van der Waals surface area contributed by atoms with Crippen LogP contribution in [0.3, 0.4) is 0 Å². The van der Waals surface area contributed by atoms with E-state index in [9.17, 15) is 0 Å². The molecule has 128 valence electrons. The summed E-state index contributed by atoms with van der Waals surface area (Å²) in [5.74, 6) is 0.528. The number of hydrogen-bond acceptors (Lipinski definition) is 1. The molecule has 25 heavy (non-hydrogen) atoms. The Bertz CT molecular complexity index is 722. The van der Waals surface area contributed by atoms with Gasteiger partial charge < -0.3 is 0 Å². The van der Waals surface area contributed by atoms with E-state index in [1.54, 1.807) is 0 Å². The number of benzene rings is 3. The van der Waals surface area contributed by atoms with E-state index in [0.29, 0.717) is 5.92 Å². The lowest BCUT2D eigenvalue weighted by atomic mass is 10.00. The third-order valence-electron chi connectivity index (χ3n) is 4.71. The summed E-state index contributed by atoms with van der Waals surface area (Å²) in [6, 6.07) is 32.4. The average molecular weight is 329 g/mol. The zero-order valence-electron chi connectivity index (χ0n) is 15.0. The minimum atomic E-state index is 0.528. The molecule has 0 spiro atoms. The molecular formula is C24H27N. The van der Waals surface area contributed by atoms with Crippen molar-refractivity contribution in [1.29, 1.82) is 0 Å². The van der Waals surface area contributed by atoms with Crippen LogP contribution in [-0.2, 0) is 13.0 Å². The molecule has 0 heterocycles. The van der Waals surface area contributed by atoms with Crippen molar-refractivity contribution < 1.29 is 0 Å². The van der Waals surface area contributed by atoms with Gasteiger partial charge in [0, 0.05) is 19.6 Å². The van der Waals surface area contributed by atoms with E-state index < -0.39 is 0 Å². The van der Waals surface area contributed by atoms with E-state index in [0.717, 1.165) is 26.1 Å². The number of nitrogens with zero attached hydrogens (tertiary/aromatic N) is 1. The quantitative estimate of drug-likeness (QED) is 0.525. The molecule has 0 aliphatic carbocycles. The van der Waals surface area contributed by atoms with Gasteiger partial charge in [0.1, 0.15) is 0 Å². The molecule has 1 nitrogen and oxygen atoms in total. The van der Waals surface area contributed by atoms with Crippen LogP contribution in [0.1, 0.15) is 29.5 Å². The highest BCUT2D eigenvalue weighted by atomic mass is 15.1. The summed E-state index contributed by atoms with van der Waals surface area (Å²) in [7, 11) is 0. The zero-order valence-corrected chi connectivity index (χ0v) is 15.0. The van der Waals surface area contributed by atoms with Gasteiger partial charge in [0.2, 0.25) is 0 Å². The molecule has 0 aliphatic rings. The third kappa shape index (κ3) is 5.58. The van der Waals surface area contributed by atoms with Gasteiger partial charge in [0.25, 0.3) is 0 Å². The molecule has 0 radical (unpaired) electrons. The monoisotopic (exact) mass is 329 g/mol. The summed E-state index contributed by atoms with van der Waals surface area (Å²) in [6.45, 7) is 5.49. The molecular weight excluding hydrogens is 302 g/mol. The predicted octanol–water partition coefficient (Wildman–Crippen LogP) is 5.54. The molecule has 0 aromatic heterocycles. The van der Waals surface area contributed by atoms with E-state index in [1.165, 1.54) is 16.7 Å². The Balaban J connectivity index is 1.67. The molecule has 0 unspecified atom stereocenters. The second-order valence-corrected chi connectivity index (χ2v) is 6.77. The normalized spacial score (nSPS) is 12.2. The van der Waals surface area contributed by atoms with Crippen molar-refractivity contribution in [3.8, 4) is 0 Å². The van der Waals surface area contributed by atoms with Crippen molar-refractivity contribution in [2.45, 2.75) is 25.8 Å². The lowest BCUT2D eigenvalue weighted by molar-refractivity contribution is 0.255. The summed E-state index contributed by atoms with van der Waals surface area (Å²) in [6.07, 6.45) is 1.09. The highest BCUT2D eigenvalue weighted by Crippen LogP contribution is 2.18. The van der Waals surface area contributed by atoms with E-state index >= 15 is 0 Å². The summed E-state index contributed by atoms with van der Waals surface area (Å²) < 4.78 is 0. The molecule has 1 atom stereocenters. The second kappa shape index (κ2) is 9.19. The Kier molecular flexibility index (Phi) is 6.42. The minimum absolute atomic E-state index is 0.528. The Morgan fingerprint density at radius 2 is 1.20 bits per heavy atom. The van der Waals surface area contributed by atoms with Crippen molar-refractivity contribution in [2.75, 3.05) is 13.1 Å². The summed E-state index contributed by atoms with van der Waals surface area (Å²) in [4.78, 5) is 2.58. The predicted molar refractivity (Wildman–Crippen MR) is 107 cm³/mol. The lowest BCUT2D eigenvalue weighted by Gasteiger charge is -2.26. The molecule has 0 fully saturated rings. The van der Waals surface area contributed by atoms with Crippen LogP contribution in [0, 0.1) is 0 Å². The lowest BCUT2D eigenvalue weighted by Crippen LogP contribution is -2.29. The van der Waals surface area contributed by atoms with Crippen LogP contribution in [0.15, 0.2) is 91.0 Å². The van der Waals surface area contributed by atoms with E-state index in [2.05, 4.69) is 103 Å². The Morgan fingerprint density at radius 1 is 0.680 bits per heavy atom. The van der Waals surface area contributed by atoms with Gasteiger partial charge in [-0.1, -0.05) is 97.9 Å². The van der Waals surface area contributed by atoms with Gasteiger partial charge in [-0.2, -0.15) is 0 Å². The molecule has 3 aromatic carbocycles. The largest absolute Gasteiger partial charge is 0.298 e. The fraction of sp³-hybridized carbons (Fsp3) is 0.250. The Morgan fingerprint density at radius 3 is 1.80 bits per heavy atom. The Hall–Kier alpha value is -2.38. The maximum Gasteiger partial charge on any atom is 0.0234 e. The Labute approximate surface area is 151 Å². The highest BCUT2D eigenvalue weighted by Gasteiger charge is 2.12. The van der Waals surface area contributed by atoms with Gasteiger partial charge >= 0.3 is 0 Å². The smallest absolute Gasteiger partial charge is 0.0234 e. The summed E-state index contributed by atoms with van der Waals surface area (Å²) in [5.41, 5.74) is 4.21. The van der Waals surface area contributed by atoms with Gasteiger partial charge in [-0.05, 0) is 29.0 Å². The van der Waals surface area contributed by atoms with E-state index in [4.69, 9.17) is 0 Å². The van der Waals surface area contributed by atoms with Crippen LogP contribution in [0.4, 0.5) is 0 Å². The van der Waals surface area contributed by atoms with Gasteiger partial charge in [0.15, 0.2) is 0 Å². The topological polar surface area (TPSA) is 3.24 Å². The zero-order chi connectivity index (χ0) is 17.3. The SMILES string of the molecule is C[C@H](CN(CCc1ccccc1)Cc1ccccc1)c1ccccc1. The maximum absolute atomic E-state index is 2.58. The third-order valence-corrected chi connectivity index (χ3v) is 4.71. The molecule has 0 aliphatic heterocycles. The van der Waals surface area contributed by atoms with Crippen LogP contribution in [0.2, 0.25) is 0 Å². The van der Waals surface area contributed by atoms with Crippen LogP contribution in [0.5, 0.6) is 0 Å². The fourth-order valence-electron chi connectivity index (χ4n) is 3.28. The molecule has 0 saturated heterocycles. The molecule has 0 amide bonds. The first-order valence-electron chi connectivity index (χ1n) is 9.16. The van der Waals surface area contributed by atoms with E-state index in [-0.39, 0.29) is 0 Å². The first-order valence-corrected chi connectivity index (χ1v) is 9.16. The molecule has 3 aromatic rings. The highest BCUT2D eigenvalue weighted by molar-refractivity contribution is 5.20. The van der Waals surface area contributed by atoms with Crippen molar-refractivity contribution in [1.82, 2.24) is 4.90 Å². The first-order chi connectivity index (χ1) is 12.3. The van der Waals surface area contributed by atoms with Gasteiger partial charge in [-0.25, -0.2) is 0 Å². The number of hydrogen-bond donors (Lipinski definition) is 0. The molecule has 0 saturated carbocycles. The maximum atomic E-state index is 2.58. The summed E-state index contributed by atoms with van der Waals surface area (Å²) >= 11 is 0. The van der Waals surface area contributed by atoms with Crippen LogP contribution in [-0.4, -0.2) is 18.0 Å². The molecule has 0 bridgehead atoms. The average Bonchev–Trinajstić information content (AvgIpc) is 2.68. The number of rotatable bonds is 8. The minimum Gasteiger partial charge on any atom is -0.298 e. The molecule has 0 N–H and O–H groups in total. The van der Waals surface area contributed by atoms with Crippen molar-refractivity contribution in [3.05, 3.63) is 108 Å². The summed E-state index contributed by atoms with van der Waals surface area (Å²) in [5, 5.41) is 0. The second-order valence-electron chi connectivity index (χ2n) is 6.77. The van der Waals surface area contributed by atoms with Crippen LogP contribution >= 0.6 is 0 Å². The standard InChI is InChI=1S/C24H27N/c1-21(24-15-9-4-10-16-24)19-25(20-23-13-7-3-8-14-23)18-17-22-11-5-2-6-12-22/h2-16,21H,17-20H2,1H3/t21-/m1/s1.